The first-order chi connectivity index (χ1) is 18.0. The molecule has 8 heteroatoms. The summed E-state index contributed by atoms with van der Waals surface area (Å²) in [5.41, 5.74) is -0.570. The lowest BCUT2D eigenvalue weighted by molar-refractivity contribution is -0.946. The second-order valence-corrected chi connectivity index (χ2v) is 10.1. The zero-order valence-corrected chi connectivity index (χ0v) is 20.8. The summed E-state index contributed by atoms with van der Waals surface area (Å²) in [5, 5.41) is 14.7. The molecule has 2 aromatic carbocycles. The van der Waals surface area contributed by atoms with Gasteiger partial charge in [0.2, 0.25) is 5.60 Å². The molecule has 2 bridgehead atoms. The summed E-state index contributed by atoms with van der Waals surface area (Å²) >= 11 is 0. The van der Waals surface area contributed by atoms with E-state index in [9.17, 15) is 14.7 Å². The molecule has 3 aromatic rings. The molecule has 0 aliphatic carbocycles. The average molecular weight is 502 g/mol. The average Bonchev–Trinajstić information content (AvgIpc) is 2.96. The third-order valence-electron chi connectivity index (χ3n) is 7.87. The lowest BCUT2D eigenvalue weighted by Gasteiger charge is -2.52. The Bertz CT molecular complexity index is 1160. The van der Waals surface area contributed by atoms with Gasteiger partial charge in [0, 0.05) is 44.1 Å². The highest BCUT2D eigenvalue weighted by Gasteiger charge is 2.50. The van der Waals surface area contributed by atoms with Gasteiger partial charge < -0.3 is 19.6 Å². The predicted octanol–water partition coefficient (Wildman–Crippen LogP) is 2.68. The summed E-state index contributed by atoms with van der Waals surface area (Å²) in [6.07, 6.45) is 7.04. The van der Waals surface area contributed by atoms with Crippen LogP contribution in [0, 0.1) is 5.92 Å². The molecule has 3 fully saturated rings. The molecular formula is C29H33N4O4+. The van der Waals surface area contributed by atoms with Gasteiger partial charge in [-0.3, -0.25) is 9.78 Å². The zero-order valence-electron chi connectivity index (χ0n) is 20.8. The van der Waals surface area contributed by atoms with Crippen molar-refractivity contribution in [2.24, 2.45) is 5.92 Å². The van der Waals surface area contributed by atoms with E-state index in [0.29, 0.717) is 29.3 Å². The van der Waals surface area contributed by atoms with Crippen molar-refractivity contribution < 1.29 is 23.9 Å². The molecule has 1 aromatic heterocycles. The zero-order chi connectivity index (χ0) is 25.7. The largest absolute Gasteiger partial charge is 0.453 e. The Labute approximate surface area is 216 Å². The van der Waals surface area contributed by atoms with Gasteiger partial charge >= 0.3 is 5.97 Å². The highest BCUT2D eigenvalue weighted by Crippen LogP contribution is 2.38. The van der Waals surface area contributed by atoms with Crippen LogP contribution in [0.15, 0.2) is 79.3 Å². The number of esters is 1. The fourth-order valence-corrected chi connectivity index (χ4v) is 5.78. The molecule has 192 valence electrons. The van der Waals surface area contributed by atoms with Gasteiger partial charge in [0.05, 0.1) is 25.8 Å². The number of rotatable bonds is 9. The molecule has 8 nitrogen and oxygen atoms in total. The number of nitrogens with one attached hydrogen (secondary N) is 1. The second kappa shape index (κ2) is 10.8. The normalized spacial score (nSPS) is 22.8. The molecule has 2 N–H and O–H groups in total. The molecule has 6 rings (SSSR count). The van der Waals surface area contributed by atoms with Crippen LogP contribution in [0.4, 0.5) is 0 Å². The Morgan fingerprint density at radius 1 is 1.00 bits per heavy atom. The minimum atomic E-state index is -1.87. The van der Waals surface area contributed by atoms with E-state index in [4.69, 9.17) is 4.74 Å². The fraction of sp³-hybridized carbons (Fsp3) is 0.379. The molecule has 0 radical (unpaired) electrons. The van der Waals surface area contributed by atoms with Crippen molar-refractivity contribution in [2.45, 2.75) is 31.0 Å². The predicted molar refractivity (Wildman–Crippen MR) is 137 cm³/mol. The van der Waals surface area contributed by atoms with Gasteiger partial charge in [-0.05, 0) is 11.1 Å². The lowest BCUT2D eigenvalue weighted by Crippen LogP contribution is -2.65. The summed E-state index contributed by atoms with van der Waals surface area (Å²) in [5.74, 6) is -0.549. The van der Waals surface area contributed by atoms with Crippen LogP contribution in [-0.4, -0.2) is 70.3 Å². The van der Waals surface area contributed by atoms with Crippen LogP contribution in [0.25, 0.3) is 0 Å². The number of piperidine rings is 3. The van der Waals surface area contributed by atoms with E-state index in [1.54, 1.807) is 24.3 Å². The fourth-order valence-electron chi connectivity index (χ4n) is 5.78. The Kier molecular flexibility index (Phi) is 7.30. The lowest BCUT2D eigenvalue weighted by atomic mass is 9.82. The minimum Gasteiger partial charge on any atom is -0.453 e. The van der Waals surface area contributed by atoms with Crippen molar-refractivity contribution in [3.8, 4) is 0 Å². The maximum atomic E-state index is 13.6. The van der Waals surface area contributed by atoms with Crippen LogP contribution in [-0.2, 0) is 15.1 Å². The molecular weight excluding hydrogens is 468 g/mol. The molecule has 37 heavy (non-hydrogen) atoms. The maximum Gasteiger partial charge on any atom is 0.348 e. The van der Waals surface area contributed by atoms with Gasteiger partial charge in [0.1, 0.15) is 12.2 Å². The second-order valence-electron chi connectivity index (χ2n) is 10.1. The summed E-state index contributed by atoms with van der Waals surface area (Å²) in [6, 6.07) is 18.0. The van der Waals surface area contributed by atoms with Crippen molar-refractivity contribution in [2.75, 3.05) is 32.7 Å². The number of aliphatic hydroxyl groups is 1. The van der Waals surface area contributed by atoms with Crippen LogP contribution in [0.1, 0.15) is 40.9 Å². The summed E-state index contributed by atoms with van der Waals surface area (Å²) in [6.45, 7) is 4.25. The highest BCUT2D eigenvalue weighted by molar-refractivity contribution is 5.91. The third kappa shape index (κ3) is 5.26. The van der Waals surface area contributed by atoms with Gasteiger partial charge in [-0.2, -0.15) is 0 Å². The van der Waals surface area contributed by atoms with Crippen LogP contribution < -0.4 is 5.32 Å². The van der Waals surface area contributed by atoms with E-state index in [-0.39, 0.29) is 12.0 Å². The number of carbonyl (C=O) groups is 2. The number of quaternary nitrogens is 1. The quantitative estimate of drug-likeness (QED) is 0.266. The van der Waals surface area contributed by atoms with E-state index in [0.717, 1.165) is 49.9 Å². The molecule has 3 aliphatic heterocycles. The molecule has 3 aliphatic rings. The number of ether oxygens (including phenoxy) is 1. The Morgan fingerprint density at radius 2 is 1.65 bits per heavy atom. The number of aromatic nitrogens is 2. The SMILES string of the molecule is O=C(NCCC[N+]12CCC(CC1)C(OC(=O)C(O)(c1ccccc1)c1ccccc1)C2)c1cnccn1. The highest BCUT2D eigenvalue weighted by atomic mass is 16.6. The number of benzene rings is 2. The van der Waals surface area contributed by atoms with Gasteiger partial charge in [0.15, 0.2) is 6.10 Å². The van der Waals surface area contributed by atoms with Crippen LogP contribution >= 0.6 is 0 Å². The minimum absolute atomic E-state index is 0.224. The molecule has 0 saturated carbocycles. The summed E-state index contributed by atoms with van der Waals surface area (Å²) in [4.78, 5) is 33.9. The topological polar surface area (TPSA) is 101 Å². The van der Waals surface area contributed by atoms with Crippen LogP contribution in [0.2, 0.25) is 0 Å². The Balaban J connectivity index is 1.24. The molecule has 1 amide bonds. The molecule has 3 saturated heterocycles. The first-order valence-corrected chi connectivity index (χ1v) is 12.9. The first-order valence-electron chi connectivity index (χ1n) is 12.9. The molecule has 1 unspecified atom stereocenters. The van der Waals surface area contributed by atoms with Crippen molar-refractivity contribution in [1.82, 2.24) is 15.3 Å². The summed E-state index contributed by atoms with van der Waals surface area (Å²) < 4.78 is 7.00. The molecule has 1 atom stereocenters. The first kappa shape index (κ1) is 25.0. The van der Waals surface area contributed by atoms with Gasteiger partial charge in [0.25, 0.3) is 5.91 Å². The van der Waals surface area contributed by atoms with E-state index in [2.05, 4.69) is 15.3 Å². The van der Waals surface area contributed by atoms with Gasteiger partial charge in [-0.1, -0.05) is 60.7 Å². The van der Waals surface area contributed by atoms with E-state index in [1.165, 1.54) is 18.6 Å². The Hall–Kier alpha value is -3.62. The maximum absolute atomic E-state index is 13.6. The number of nitrogens with zero attached hydrogens (tertiary/aromatic N) is 3. The third-order valence-corrected chi connectivity index (χ3v) is 7.87. The van der Waals surface area contributed by atoms with E-state index in [1.807, 2.05) is 36.4 Å². The number of hydrogen-bond acceptors (Lipinski definition) is 6. The smallest absolute Gasteiger partial charge is 0.348 e. The van der Waals surface area contributed by atoms with Crippen molar-refractivity contribution in [3.05, 3.63) is 96.1 Å². The standard InChI is InChI=1S/C29H32N4O4/c34-27(25-20-30-15-16-31-25)32-14-7-17-33-18-12-22(13-19-33)26(21-33)37-28(35)29(36,23-8-3-1-4-9-23)24-10-5-2-6-11-24/h1-6,8-11,15-16,20,22,26,36H,7,12-14,17-19,21H2/p+1. The number of carbonyl (C=O) groups excluding carboxylic acids is 2. The van der Waals surface area contributed by atoms with Crippen LogP contribution in [0.5, 0.6) is 0 Å². The number of hydrogen-bond donors (Lipinski definition) is 2. The monoisotopic (exact) mass is 501 g/mol. The number of fused-ring (bicyclic) bond motifs is 3. The molecule has 0 spiro atoms. The summed E-state index contributed by atoms with van der Waals surface area (Å²) in [7, 11) is 0. The van der Waals surface area contributed by atoms with E-state index >= 15 is 0 Å². The van der Waals surface area contributed by atoms with Crippen molar-refractivity contribution in [1.29, 1.82) is 0 Å². The van der Waals surface area contributed by atoms with Crippen LogP contribution in [0.3, 0.4) is 0 Å². The Morgan fingerprint density at radius 3 is 2.24 bits per heavy atom. The number of amides is 1. The van der Waals surface area contributed by atoms with Gasteiger partial charge in [-0.15, -0.1) is 0 Å². The van der Waals surface area contributed by atoms with Crippen molar-refractivity contribution >= 4 is 11.9 Å². The van der Waals surface area contributed by atoms with Gasteiger partial charge in [-0.25, -0.2) is 9.78 Å². The van der Waals surface area contributed by atoms with Crippen molar-refractivity contribution in [3.63, 3.8) is 0 Å². The molecule has 4 heterocycles. The van der Waals surface area contributed by atoms with E-state index < -0.39 is 11.6 Å².